The highest BCUT2D eigenvalue weighted by Crippen LogP contribution is 2.32. The molecule has 0 amide bonds. The van der Waals surface area contributed by atoms with Crippen LogP contribution in [0.1, 0.15) is 18.5 Å². The number of fused-ring (bicyclic) bond motifs is 1. The third-order valence-corrected chi connectivity index (χ3v) is 4.97. The topological polar surface area (TPSA) is 86.0 Å². The molecule has 0 radical (unpaired) electrons. The lowest BCUT2D eigenvalue weighted by molar-refractivity contribution is -0.144. The second-order valence-corrected chi connectivity index (χ2v) is 7.28. The Bertz CT molecular complexity index is 916. The summed E-state index contributed by atoms with van der Waals surface area (Å²) in [6.45, 7) is 8.87. The van der Waals surface area contributed by atoms with Crippen LogP contribution in [0, 0.1) is 5.82 Å². The molecule has 0 unspecified atom stereocenters. The van der Waals surface area contributed by atoms with E-state index in [0.29, 0.717) is 29.6 Å². The fraction of sp³-hybridized carbons (Fsp3) is 0.400. The van der Waals surface area contributed by atoms with Crippen LogP contribution in [-0.4, -0.2) is 69.2 Å². The van der Waals surface area contributed by atoms with Crippen LogP contribution in [0.25, 0.3) is 10.9 Å². The van der Waals surface area contributed by atoms with Crippen molar-refractivity contribution in [2.75, 3.05) is 32.7 Å². The highest BCUT2D eigenvalue weighted by molar-refractivity contribution is 5.90. The van der Waals surface area contributed by atoms with Crippen LogP contribution < -0.4 is 0 Å². The lowest BCUT2D eigenvalue weighted by Gasteiger charge is -2.37. The summed E-state index contributed by atoms with van der Waals surface area (Å²) in [6.07, 6.45) is 1.53. The first kappa shape index (κ1) is 20.0. The second kappa shape index (κ2) is 8.12. The molecule has 28 heavy (non-hydrogen) atoms. The van der Waals surface area contributed by atoms with Gasteiger partial charge in [0.05, 0.1) is 5.52 Å². The van der Waals surface area contributed by atoms with Gasteiger partial charge in [0.1, 0.15) is 18.4 Å². The van der Waals surface area contributed by atoms with Gasteiger partial charge >= 0.3 is 11.9 Å². The van der Waals surface area contributed by atoms with Gasteiger partial charge in [0.25, 0.3) is 0 Å². The van der Waals surface area contributed by atoms with Gasteiger partial charge in [-0.25, -0.2) is 4.39 Å². The number of aromatic nitrogens is 1. The Labute approximate surface area is 162 Å². The van der Waals surface area contributed by atoms with Gasteiger partial charge < -0.3 is 14.8 Å². The maximum atomic E-state index is 13.7. The highest BCUT2D eigenvalue weighted by Gasteiger charge is 2.33. The van der Waals surface area contributed by atoms with Gasteiger partial charge in [-0.1, -0.05) is 12.2 Å². The van der Waals surface area contributed by atoms with Crippen LogP contribution in [0.15, 0.2) is 36.5 Å². The van der Waals surface area contributed by atoms with E-state index in [1.807, 2.05) is 11.8 Å². The van der Waals surface area contributed by atoms with E-state index < -0.39 is 23.8 Å². The van der Waals surface area contributed by atoms with Crippen molar-refractivity contribution in [3.8, 4) is 0 Å². The standard InChI is InChI=1S/C20H24FN3O4/c1-13(2)10-22-5-7-23(8-6-22)19(20(27)28)16-11-24(12-18(25)26)17-9-14(21)3-4-15(16)17/h3-4,9,11,19H,1,5-8,10,12H2,2H3,(H,25,26)(H,27,28)/t19-/m1/s1. The van der Waals surface area contributed by atoms with E-state index in [-0.39, 0.29) is 6.54 Å². The molecule has 1 aliphatic heterocycles. The van der Waals surface area contributed by atoms with E-state index in [9.17, 15) is 19.1 Å². The van der Waals surface area contributed by atoms with E-state index in [0.717, 1.165) is 25.2 Å². The number of hydrogen-bond acceptors (Lipinski definition) is 4. The molecular weight excluding hydrogens is 365 g/mol. The summed E-state index contributed by atoms with van der Waals surface area (Å²) in [6, 6.07) is 3.10. The largest absolute Gasteiger partial charge is 0.480 e. The molecule has 0 spiro atoms. The summed E-state index contributed by atoms with van der Waals surface area (Å²) in [4.78, 5) is 27.4. The van der Waals surface area contributed by atoms with Gasteiger partial charge in [-0.2, -0.15) is 0 Å². The van der Waals surface area contributed by atoms with Gasteiger partial charge in [-0.3, -0.25) is 19.4 Å². The Morgan fingerprint density at radius 1 is 1.18 bits per heavy atom. The number of rotatable bonds is 7. The first-order valence-electron chi connectivity index (χ1n) is 9.10. The van der Waals surface area contributed by atoms with Crippen molar-refractivity contribution in [3.63, 3.8) is 0 Å². The maximum Gasteiger partial charge on any atom is 0.325 e. The normalized spacial score (nSPS) is 16.9. The lowest BCUT2D eigenvalue weighted by Crippen LogP contribution is -2.49. The summed E-state index contributed by atoms with van der Waals surface area (Å²) in [5, 5.41) is 19.6. The van der Waals surface area contributed by atoms with E-state index in [1.54, 1.807) is 0 Å². The third kappa shape index (κ3) is 4.23. The molecule has 1 fully saturated rings. The monoisotopic (exact) mass is 389 g/mol. The predicted molar refractivity (Wildman–Crippen MR) is 103 cm³/mol. The van der Waals surface area contributed by atoms with Crippen LogP contribution in [0.2, 0.25) is 0 Å². The Kier molecular flexibility index (Phi) is 5.81. The molecule has 1 aliphatic rings. The summed E-state index contributed by atoms with van der Waals surface area (Å²) in [5.41, 5.74) is 1.92. The smallest absolute Gasteiger partial charge is 0.325 e. The van der Waals surface area contributed by atoms with Gasteiger partial charge in [-0.15, -0.1) is 0 Å². The summed E-state index contributed by atoms with van der Waals surface area (Å²) >= 11 is 0. The fourth-order valence-electron chi connectivity index (χ4n) is 3.84. The minimum absolute atomic E-state index is 0.362. The minimum atomic E-state index is -1.08. The third-order valence-electron chi connectivity index (χ3n) is 4.97. The lowest BCUT2D eigenvalue weighted by atomic mass is 10.0. The van der Waals surface area contributed by atoms with Gasteiger partial charge in [0.2, 0.25) is 0 Å². The van der Waals surface area contributed by atoms with Crippen molar-refractivity contribution >= 4 is 22.8 Å². The van der Waals surface area contributed by atoms with Crippen molar-refractivity contribution in [3.05, 3.63) is 47.9 Å². The van der Waals surface area contributed by atoms with E-state index in [1.165, 1.54) is 29.0 Å². The van der Waals surface area contributed by atoms with Crippen molar-refractivity contribution in [2.24, 2.45) is 0 Å². The molecule has 7 nitrogen and oxygen atoms in total. The van der Waals surface area contributed by atoms with Crippen LogP contribution in [-0.2, 0) is 16.1 Å². The summed E-state index contributed by atoms with van der Waals surface area (Å²) < 4.78 is 15.1. The molecular formula is C20H24FN3O4. The number of carboxylic acid groups (broad SMARTS) is 2. The molecule has 0 aliphatic carbocycles. The number of nitrogens with zero attached hydrogens (tertiary/aromatic N) is 3. The number of aliphatic carboxylic acids is 2. The highest BCUT2D eigenvalue weighted by atomic mass is 19.1. The molecule has 3 rings (SSSR count). The van der Waals surface area contributed by atoms with Crippen LogP contribution >= 0.6 is 0 Å². The molecule has 2 heterocycles. The van der Waals surface area contributed by atoms with Crippen LogP contribution in [0.4, 0.5) is 4.39 Å². The van der Waals surface area contributed by atoms with E-state index in [4.69, 9.17) is 5.11 Å². The Morgan fingerprint density at radius 3 is 2.43 bits per heavy atom. The van der Waals surface area contributed by atoms with Crippen molar-refractivity contribution in [2.45, 2.75) is 19.5 Å². The molecule has 8 heteroatoms. The Morgan fingerprint density at radius 2 is 1.86 bits per heavy atom. The molecule has 1 atom stereocenters. The zero-order chi connectivity index (χ0) is 20.4. The first-order chi connectivity index (χ1) is 13.3. The van der Waals surface area contributed by atoms with Crippen LogP contribution in [0.5, 0.6) is 0 Å². The zero-order valence-electron chi connectivity index (χ0n) is 15.8. The molecule has 150 valence electrons. The Hall–Kier alpha value is -2.71. The number of hydrogen-bond donors (Lipinski definition) is 2. The maximum absolute atomic E-state index is 13.7. The quantitative estimate of drug-likeness (QED) is 0.706. The number of carbonyl (C=O) groups is 2. The van der Waals surface area contributed by atoms with Gasteiger partial charge in [-0.05, 0) is 25.1 Å². The minimum Gasteiger partial charge on any atom is -0.480 e. The average Bonchev–Trinajstić information content (AvgIpc) is 2.92. The second-order valence-electron chi connectivity index (χ2n) is 7.28. The number of carboxylic acids is 2. The van der Waals surface area contributed by atoms with E-state index >= 15 is 0 Å². The predicted octanol–water partition coefficient (Wildman–Crippen LogP) is 2.18. The Balaban J connectivity index is 1.95. The molecule has 0 saturated carbocycles. The number of benzene rings is 1. The molecule has 2 N–H and O–H groups in total. The fourth-order valence-corrected chi connectivity index (χ4v) is 3.84. The first-order valence-corrected chi connectivity index (χ1v) is 9.10. The summed E-state index contributed by atoms with van der Waals surface area (Å²) in [7, 11) is 0. The van der Waals surface area contributed by atoms with Crippen molar-refractivity contribution in [1.82, 2.24) is 14.4 Å². The number of piperazine rings is 1. The molecule has 1 saturated heterocycles. The average molecular weight is 389 g/mol. The summed E-state index contributed by atoms with van der Waals surface area (Å²) in [5.74, 6) is -2.58. The van der Waals surface area contributed by atoms with Gasteiger partial charge in [0.15, 0.2) is 0 Å². The molecule has 2 aromatic rings. The van der Waals surface area contributed by atoms with E-state index in [2.05, 4.69) is 11.5 Å². The van der Waals surface area contributed by atoms with Crippen LogP contribution in [0.3, 0.4) is 0 Å². The van der Waals surface area contributed by atoms with Crippen molar-refractivity contribution < 1.29 is 24.2 Å². The van der Waals surface area contributed by atoms with Gasteiger partial charge in [0, 0.05) is 49.9 Å². The molecule has 1 aromatic heterocycles. The molecule has 0 bridgehead atoms. The van der Waals surface area contributed by atoms with Crippen molar-refractivity contribution in [1.29, 1.82) is 0 Å². The number of halogens is 1. The zero-order valence-corrected chi connectivity index (χ0v) is 15.8. The SMILES string of the molecule is C=C(C)CN1CCN([C@@H](C(=O)O)c2cn(CC(=O)O)c3cc(F)ccc23)CC1. The molecule has 1 aromatic carbocycles.